The number of amides is 1. The number of hydrogen-bond acceptors (Lipinski definition) is 3. The van der Waals surface area contributed by atoms with E-state index in [1.165, 1.54) is 18.2 Å². The number of benzene rings is 1. The summed E-state index contributed by atoms with van der Waals surface area (Å²) in [6.07, 6.45) is -0.0222. The molecule has 0 spiro atoms. The van der Waals surface area contributed by atoms with Crippen LogP contribution in [0.25, 0.3) is 0 Å². The van der Waals surface area contributed by atoms with E-state index in [2.05, 4.69) is 5.32 Å². The minimum Gasteiger partial charge on any atom is -0.385 e. The van der Waals surface area contributed by atoms with Crippen LogP contribution in [-0.4, -0.2) is 35.9 Å². The molecule has 0 aromatic heterocycles. The predicted octanol–water partition coefficient (Wildman–Crippen LogP) is 1.68. The maximum atomic E-state index is 13.6. The van der Waals surface area contributed by atoms with Crippen molar-refractivity contribution < 1.29 is 19.0 Å². The number of nitrogens with one attached hydrogen (secondary N) is 1. The summed E-state index contributed by atoms with van der Waals surface area (Å²) in [7, 11) is 0. The molecule has 1 aromatic carbocycles. The van der Waals surface area contributed by atoms with Crippen LogP contribution in [-0.2, 0) is 16.0 Å². The lowest BCUT2D eigenvalue weighted by Crippen LogP contribution is -2.47. The first-order valence-electron chi connectivity index (χ1n) is 6.46. The molecule has 1 heterocycles. The van der Waals surface area contributed by atoms with Crippen LogP contribution >= 0.6 is 11.6 Å². The molecular formula is C14H17ClFNO3. The number of hydrogen-bond donors (Lipinski definition) is 2. The summed E-state index contributed by atoms with van der Waals surface area (Å²) in [6, 6.07) is 4.28. The van der Waals surface area contributed by atoms with Gasteiger partial charge in [0.25, 0.3) is 0 Å². The van der Waals surface area contributed by atoms with Crippen LogP contribution in [0.2, 0.25) is 5.02 Å². The van der Waals surface area contributed by atoms with Crippen LogP contribution in [0.3, 0.4) is 0 Å². The smallest absolute Gasteiger partial charge is 0.224 e. The molecule has 6 heteroatoms. The molecule has 0 saturated carbocycles. The molecule has 0 radical (unpaired) electrons. The largest absolute Gasteiger partial charge is 0.385 e. The van der Waals surface area contributed by atoms with Crippen molar-refractivity contribution in [2.75, 3.05) is 13.2 Å². The van der Waals surface area contributed by atoms with Gasteiger partial charge in [-0.25, -0.2) is 4.39 Å². The van der Waals surface area contributed by atoms with E-state index in [0.29, 0.717) is 13.0 Å². The van der Waals surface area contributed by atoms with Gasteiger partial charge in [0.05, 0.1) is 12.5 Å². The maximum Gasteiger partial charge on any atom is 0.224 e. The molecular weight excluding hydrogens is 285 g/mol. The zero-order chi connectivity index (χ0) is 14.8. The number of halogens is 2. The van der Waals surface area contributed by atoms with Crippen LogP contribution in [0.4, 0.5) is 4.39 Å². The highest BCUT2D eigenvalue weighted by atomic mass is 35.5. The van der Waals surface area contributed by atoms with E-state index in [1.54, 1.807) is 6.92 Å². The third kappa shape index (κ3) is 3.29. The maximum absolute atomic E-state index is 13.6. The van der Waals surface area contributed by atoms with Crippen molar-refractivity contribution in [2.45, 2.75) is 31.5 Å². The summed E-state index contributed by atoms with van der Waals surface area (Å²) in [6.45, 7) is 2.30. The van der Waals surface area contributed by atoms with Gasteiger partial charge in [-0.1, -0.05) is 17.7 Å². The number of rotatable bonds is 4. The molecule has 1 saturated heterocycles. The number of ether oxygens (including phenoxy) is 1. The molecule has 2 N–H and O–H groups in total. The first kappa shape index (κ1) is 15.2. The average Bonchev–Trinajstić information content (AvgIpc) is 2.73. The first-order valence-corrected chi connectivity index (χ1v) is 6.84. The van der Waals surface area contributed by atoms with E-state index < -0.39 is 11.4 Å². The Balaban J connectivity index is 1.93. The van der Waals surface area contributed by atoms with Gasteiger partial charge in [0, 0.05) is 30.2 Å². The highest BCUT2D eigenvalue weighted by Crippen LogP contribution is 2.25. The molecule has 1 aliphatic heterocycles. The van der Waals surface area contributed by atoms with Crippen molar-refractivity contribution in [1.82, 2.24) is 5.32 Å². The Morgan fingerprint density at radius 1 is 1.65 bits per heavy atom. The molecule has 0 aliphatic carbocycles. The van der Waals surface area contributed by atoms with Crippen molar-refractivity contribution in [3.8, 4) is 0 Å². The molecule has 1 fully saturated rings. The van der Waals surface area contributed by atoms with Crippen LogP contribution in [0, 0.1) is 5.82 Å². The van der Waals surface area contributed by atoms with Crippen molar-refractivity contribution in [1.29, 1.82) is 0 Å². The molecule has 0 bridgehead atoms. The summed E-state index contributed by atoms with van der Waals surface area (Å²) in [4.78, 5) is 11.8. The summed E-state index contributed by atoms with van der Waals surface area (Å²) in [5.74, 6) is -0.895. The fourth-order valence-corrected chi connectivity index (χ4v) is 2.41. The van der Waals surface area contributed by atoms with Crippen LogP contribution in [0.15, 0.2) is 18.2 Å². The highest BCUT2D eigenvalue weighted by Gasteiger charge is 2.39. The third-order valence-electron chi connectivity index (χ3n) is 3.65. The Morgan fingerprint density at radius 3 is 3.00 bits per heavy atom. The monoisotopic (exact) mass is 301 g/mol. The lowest BCUT2D eigenvalue weighted by atomic mass is 9.96. The summed E-state index contributed by atoms with van der Waals surface area (Å²) < 4.78 is 18.8. The van der Waals surface area contributed by atoms with Crippen molar-refractivity contribution in [3.63, 3.8) is 0 Å². The number of carbonyl (C=O) groups excluding carboxylic acids is 1. The van der Waals surface area contributed by atoms with E-state index in [1.807, 2.05) is 0 Å². The highest BCUT2D eigenvalue weighted by molar-refractivity contribution is 6.31. The van der Waals surface area contributed by atoms with E-state index in [4.69, 9.17) is 16.3 Å². The van der Waals surface area contributed by atoms with Gasteiger partial charge < -0.3 is 15.2 Å². The summed E-state index contributed by atoms with van der Waals surface area (Å²) in [5.41, 5.74) is -0.899. The van der Waals surface area contributed by atoms with Crippen LogP contribution in [0.5, 0.6) is 0 Å². The van der Waals surface area contributed by atoms with E-state index in [0.717, 1.165) is 0 Å². The molecule has 110 valence electrons. The molecule has 2 atom stereocenters. The molecule has 1 amide bonds. The topological polar surface area (TPSA) is 58.6 Å². The quantitative estimate of drug-likeness (QED) is 0.889. The minimum atomic E-state index is -1.06. The fraction of sp³-hybridized carbons (Fsp3) is 0.500. The van der Waals surface area contributed by atoms with E-state index in [-0.39, 0.29) is 35.6 Å². The fourth-order valence-electron chi connectivity index (χ4n) is 2.18. The Hall–Kier alpha value is -1.17. The lowest BCUT2D eigenvalue weighted by molar-refractivity contribution is -0.122. The molecule has 20 heavy (non-hydrogen) atoms. The summed E-state index contributed by atoms with van der Waals surface area (Å²) >= 11 is 5.86. The van der Waals surface area contributed by atoms with Gasteiger partial charge >= 0.3 is 0 Å². The molecule has 1 aromatic rings. The molecule has 4 nitrogen and oxygen atoms in total. The average molecular weight is 302 g/mol. The van der Waals surface area contributed by atoms with Crippen LogP contribution in [0.1, 0.15) is 18.9 Å². The first-order chi connectivity index (χ1) is 9.42. The number of aliphatic hydroxyl groups is 1. The van der Waals surface area contributed by atoms with Gasteiger partial charge in [0.15, 0.2) is 0 Å². The SMILES string of the molecule is CC1OCCC1(O)CNC(=O)Cc1c(F)cccc1Cl. The second-order valence-corrected chi connectivity index (χ2v) is 5.43. The van der Waals surface area contributed by atoms with Crippen LogP contribution < -0.4 is 5.32 Å². The number of carbonyl (C=O) groups is 1. The predicted molar refractivity (Wildman–Crippen MR) is 73.1 cm³/mol. The zero-order valence-corrected chi connectivity index (χ0v) is 11.9. The Kier molecular flexibility index (Phi) is 4.62. The summed E-state index contributed by atoms with van der Waals surface area (Å²) in [5, 5.41) is 13.1. The standard InChI is InChI=1S/C14H17ClFNO3/c1-9-14(19,5-6-20-9)8-17-13(18)7-10-11(15)3-2-4-12(10)16/h2-4,9,19H,5-8H2,1H3,(H,17,18). The van der Waals surface area contributed by atoms with Gasteiger partial charge in [-0.3, -0.25) is 4.79 Å². The second kappa shape index (κ2) is 6.08. The minimum absolute atomic E-state index is 0.0824. The zero-order valence-electron chi connectivity index (χ0n) is 11.2. The normalized spacial score (nSPS) is 25.7. The molecule has 2 unspecified atom stereocenters. The van der Waals surface area contributed by atoms with Crippen molar-refractivity contribution in [3.05, 3.63) is 34.6 Å². The van der Waals surface area contributed by atoms with Gasteiger partial charge in [-0.05, 0) is 19.1 Å². The van der Waals surface area contributed by atoms with Gasteiger partial charge in [-0.2, -0.15) is 0 Å². The second-order valence-electron chi connectivity index (χ2n) is 5.02. The Labute approximate surface area is 121 Å². The van der Waals surface area contributed by atoms with Crippen molar-refractivity contribution in [2.24, 2.45) is 0 Å². The third-order valence-corrected chi connectivity index (χ3v) is 4.00. The Bertz CT molecular complexity index is 491. The lowest BCUT2D eigenvalue weighted by Gasteiger charge is -2.26. The van der Waals surface area contributed by atoms with Crippen molar-refractivity contribution >= 4 is 17.5 Å². The molecule has 2 rings (SSSR count). The van der Waals surface area contributed by atoms with Gasteiger partial charge in [0.2, 0.25) is 5.91 Å². The van der Waals surface area contributed by atoms with Gasteiger partial charge in [-0.15, -0.1) is 0 Å². The van der Waals surface area contributed by atoms with E-state index >= 15 is 0 Å². The van der Waals surface area contributed by atoms with Gasteiger partial charge in [0.1, 0.15) is 11.4 Å². The molecule has 1 aliphatic rings. The Morgan fingerprint density at radius 2 is 2.40 bits per heavy atom. The van der Waals surface area contributed by atoms with E-state index in [9.17, 15) is 14.3 Å².